The number of nitrogens with one attached hydrogen (secondary N) is 2. The number of morpholine rings is 1. The first kappa shape index (κ1) is 8.78. The van der Waals surface area contributed by atoms with Crippen LogP contribution in [0.5, 0.6) is 0 Å². The van der Waals surface area contributed by atoms with Crippen molar-refractivity contribution in [3.05, 3.63) is 23.5 Å². The van der Waals surface area contributed by atoms with Crippen molar-refractivity contribution >= 4 is 0 Å². The maximum atomic E-state index is 5.68. The molecule has 0 saturated carbocycles. The Morgan fingerprint density at radius 2 is 2.54 bits per heavy atom. The number of aryl methyl sites for hydroxylation is 1. The van der Waals surface area contributed by atoms with E-state index in [-0.39, 0.29) is 6.10 Å². The molecule has 13 heavy (non-hydrogen) atoms. The van der Waals surface area contributed by atoms with Crippen LogP contribution in [0.4, 0.5) is 0 Å². The van der Waals surface area contributed by atoms with Gasteiger partial charge in [0.05, 0.1) is 12.7 Å². The van der Waals surface area contributed by atoms with Crippen LogP contribution in [-0.4, -0.2) is 24.7 Å². The van der Waals surface area contributed by atoms with Crippen LogP contribution in [0, 0.1) is 0 Å². The molecule has 1 aliphatic rings. The molecule has 2 rings (SSSR count). The van der Waals surface area contributed by atoms with E-state index in [1.807, 2.05) is 6.20 Å². The summed E-state index contributed by atoms with van der Waals surface area (Å²) < 4.78 is 5.68. The second-order valence-electron chi connectivity index (χ2n) is 3.33. The summed E-state index contributed by atoms with van der Waals surface area (Å²) in [6.45, 7) is 4.89. The molecule has 0 amide bonds. The van der Waals surface area contributed by atoms with Crippen LogP contribution in [0.1, 0.15) is 24.3 Å². The highest BCUT2D eigenvalue weighted by atomic mass is 16.5. The first-order chi connectivity index (χ1) is 6.42. The molecule has 0 aliphatic carbocycles. The summed E-state index contributed by atoms with van der Waals surface area (Å²) in [5, 5.41) is 3.34. The van der Waals surface area contributed by atoms with Gasteiger partial charge in [-0.2, -0.15) is 0 Å². The minimum Gasteiger partial charge on any atom is -0.371 e. The number of aromatic nitrogens is 1. The van der Waals surface area contributed by atoms with Crippen molar-refractivity contribution in [3.63, 3.8) is 0 Å². The van der Waals surface area contributed by atoms with Gasteiger partial charge in [-0.05, 0) is 12.5 Å². The van der Waals surface area contributed by atoms with E-state index in [0.717, 1.165) is 26.1 Å². The normalized spacial score (nSPS) is 23.3. The van der Waals surface area contributed by atoms with Gasteiger partial charge in [-0.15, -0.1) is 0 Å². The van der Waals surface area contributed by atoms with Crippen molar-refractivity contribution < 1.29 is 4.74 Å². The van der Waals surface area contributed by atoms with Gasteiger partial charge < -0.3 is 15.0 Å². The van der Waals surface area contributed by atoms with Gasteiger partial charge >= 0.3 is 0 Å². The van der Waals surface area contributed by atoms with E-state index in [4.69, 9.17) is 4.74 Å². The number of ether oxygens (including phenoxy) is 1. The Bertz CT molecular complexity index is 264. The fourth-order valence-corrected chi connectivity index (χ4v) is 1.79. The topological polar surface area (TPSA) is 37.0 Å². The van der Waals surface area contributed by atoms with Gasteiger partial charge in [0.2, 0.25) is 0 Å². The average Bonchev–Trinajstić information content (AvgIpc) is 2.67. The summed E-state index contributed by atoms with van der Waals surface area (Å²) in [7, 11) is 0. The maximum Gasteiger partial charge on any atom is 0.0967 e. The first-order valence-corrected chi connectivity index (χ1v) is 4.90. The highest BCUT2D eigenvalue weighted by molar-refractivity contribution is 5.24. The highest BCUT2D eigenvalue weighted by Gasteiger charge is 2.18. The van der Waals surface area contributed by atoms with E-state index < -0.39 is 0 Å². The molecule has 3 heteroatoms. The predicted molar refractivity (Wildman–Crippen MR) is 51.7 cm³/mol. The molecule has 1 saturated heterocycles. The highest BCUT2D eigenvalue weighted by Crippen LogP contribution is 2.21. The fourth-order valence-electron chi connectivity index (χ4n) is 1.79. The van der Waals surface area contributed by atoms with Gasteiger partial charge in [-0.25, -0.2) is 0 Å². The molecule has 1 aromatic rings. The number of hydrogen-bond donors (Lipinski definition) is 2. The lowest BCUT2D eigenvalue weighted by Gasteiger charge is -2.23. The number of hydrogen-bond acceptors (Lipinski definition) is 2. The second-order valence-corrected chi connectivity index (χ2v) is 3.33. The van der Waals surface area contributed by atoms with E-state index in [1.165, 1.54) is 11.3 Å². The van der Waals surface area contributed by atoms with Gasteiger partial charge in [-0.3, -0.25) is 0 Å². The molecule has 1 aromatic heterocycles. The largest absolute Gasteiger partial charge is 0.371 e. The molecule has 1 atom stereocenters. The van der Waals surface area contributed by atoms with Gasteiger partial charge in [0, 0.05) is 30.5 Å². The van der Waals surface area contributed by atoms with Gasteiger partial charge in [0.15, 0.2) is 0 Å². The SMILES string of the molecule is CCc1[nH]ccc1C1CNCCO1. The summed E-state index contributed by atoms with van der Waals surface area (Å²) in [6, 6.07) is 2.12. The van der Waals surface area contributed by atoms with Crippen LogP contribution in [0.25, 0.3) is 0 Å². The molecule has 2 heterocycles. The minimum atomic E-state index is 0.245. The standard InChI is InChI=1S/C10H16N2O/c1-2-9-8(3-4-12-9)10-7-11-5-6-13-10/h3-4,10-12H,2,5-7H2,1H3. The quantitative estimate of drug-likeness (QED) is 0.718. The molecular formula is C10H16N2O. The molecule has 0 bridgehead atoms. The molecule has 0 aromatic carbocycles. The lowest BCUT2D eigenvalue weighted by molar-refractivity contribution is 0.0273. The third kappa shape index (κ3) is 1.76. The summed E-state index contributed by atoms with van der Waals surface area (Å²) >= 11 is 0. The lowest BCUT2D eigenvalue weighted by Crippen LogP contribution is -2.33. The molecule has 0 spiro atoms. The van der Waals surface area contributed by atoms with Crippen LogP contribution in [-0.2, 0) is 11.2 Å². The summed E-state index contributed by atoms with van der Waals surface area (Å²) in [4.78, 5) is 3.24. The lowest BCUT2D eigenvalue weighted by atomic mass is 10.1. The predicted octanol–water partition coefficient (Wildman–Crippen LogP) is 1.24. The van der Waals surface area contributed by atoms with Crippen LogP contribution in [0.15, 0.2) is 12.3 Å². The third-order valence-corrected chi connectivity index (χ3v) is 2.50. The maximum absolute atomic E-state index is 5.68. The zero-order chi connectivity index (χ0) is 9.10. The molecular weight excluding hydrogens is 164 g/mol. The zero-order valence-electron chi connectivity index (χ0n) is 7.97. The minimum absolute atomic E-state index is 0.245. The van der Waals surface area contributed by atoms with E-state index in [2.05, 4.69) is 23.3 Å². The van der Waals surface area contributed by atoms with Crippen LogP contribution < -0.4 is 5.32 Å². The van der Waals surface area contributed by atoms with Gasteiger partial charge in [0.25, 0.3) is 0 Å². The van der Waals surface area contributed by atoms with E-state index in [9.17, 15) is 0 Å². The van der Waals surface area contributed by atoms with Crippen LogP contribution in [0.2, 0.25) is 0 Å². The summed E-state index contributed by atoms with van der Waals surface area (Å²) in [5.74, 6) is 0. The molecule has 72 valence electrons. The monoisotopic (exact) mass is 180 g/mol. The van der Waals surface area contributed by atoms with Crippen molar-refractivity contribution in [3.8, 4) is 0 Å². The molecule has 1 fully saturated rings. The van der Waals surface area contributed by atoms with E-state index in [0.29, 0.717) is 0 Å². The number of rotatable bonds is 2. The first-order valence-electron chi connectivity index (χ1n) is 4.90. The van der Waals surface area contributed by atoms with Crippen molar-refractivity contribution in [2.24, 2.45) is 0 Å². The van der Waals surface area contributed by atoms with E-state index in [1.54, 1.807) is 0 Å². The second kappa shape index (κ2) is 3.94. The van der Waals surface area contributed by atoms with Crippen molar-refractivity contribution in [1.82, 2.24) is 10.3 Å². The van der Waals surface area contributed by atoms with Gasteiger partial charge in [-0.1, -0.05) is 6.92 Å². The summed E-state index contributed by atoms with van der Waals surface area (Å²) in [5.41, 5.74) is 2.61. The third-order valence-electron chi connectivity index (χ3n) is 2.50. The average molecular weight is 180 g/mol. The Labute approximate surface area is 78.5 Å². The Morgan fingerprint density at radius 1 is 1.62 bits per heavy atom. The summed E-state index contributed by atoms with van der Waals surface area (Å²) in [6.07, 6.45) is 3.28. The van der Waals surface area contributed by atoms with Crippen molar-refractivity contribution in [1.29, 1.82) is 0 Å². The van der Waals surface area contributed by atoms with Crippen molar-refractivity contribution in [2.45, 2.75) is 19.4 Å². The molecule has 2 N–H and O–H groups in total. The van der Waals surface area contributed by atoms with E-state index >= 15 is 0 Å². The van der Waals surface area contributed by atoms with Crippen LogP contribution in [0.3, 0.4) is 0 Å². The van der Waals surface area contributed by atoms with Gasteiger partial charge in [0.1, 0.15) is 0 Å². The smallest absolute Gasteiger partial charge is 0.0967 e. The Kier molecular flexibility index (Phi) is 2.66. The number of aromatic amines is 1. The Balaban J connectivity index is 2.13. The Morgan fingerprint density at radius 3 is 3.23 bits per heavy atom. The number of H-pyrrole nitrogens is 1. The van der Waals surface area contributed by atoms with Crippen molar-refractivity contribution in [2.75, 3.05) is 19.7 Å². The molecule has 1 unspecified atom stereocenters. The molecule has 1 aliphatic heterocycles. The molecule has 3 nitrogen and oxygen atoms in total. The molecule has 0 radical (unpaired) electrons. The Hall–Kier alpha value is -0.800. The zero-order valence-corrected chi connectivity index (χ0v) is 7.97. The van der Waals surface area contributed by atoms with Crippen LogP contribution >= 0.6 is 0 Å². The fraction of sp³-hybridized carbons (Fsp3) is 0.600.